The highest BCUT2D eigenvalue weighted by Crippen LogP contribution is 2.18. The van der Waals surface area contributed by atoms with Crippen molar-refractivity contribution >= 4 is 11.7 Å². The van der Waals surface area contributed by atoms with Crippen molar-refractivity contribution in [3.05, 3.63) is 47.3 Å². The molecule has 1 atom stereocenters. The van der Waals surface area contributed by atoms with Gasteiger partial charge >= 0.3 is 0 Å². The molecule has 1 amide bonds. The number of rotatable bonds is 7. The third-order valence-electron chi connectivity index (χ3n) is 4.03. The summed E-state index contributed by atoms with van der Waals surface area (Å²) in [6.07, 6.45) is 1.08. The Bertz CT molecular complexity index is 723. The monoisotopic (exact) mass is 329 g/mol. The molecule has 0 spiro atoms. The van der Waals surface area contributed by atoms with Crippen molar-refractivity contribution in [2.24, 2.45) is 0 Å². The largest absolute Gasteiger partial charge is 0.396 e. The number of aryl methyl sites for hydroxylation is 1. The molecule has 0 saturated heterocycles. The van der Waals surface area contributed by atoms with Crippen LogP contribution in [0.5, 0.6) is 0 Å². The molecule has 2 rings (SSSR count). The van der Waals surface area contributed by atoms with E-state index in [0.717, 1.165) is 5.69 Å². The van der Waals surface area contributed by atoms with Gasteiger partial charge in [0.15, 0.2) is 0 Å². The smallest absolute Gasteiger partial charge is 0.292 e. The number of hydrogen-bond donors (Lipinski definition) is 2. The van der Waals surface area contributed by atoms with Crippen LogP contribution in [0.4, 0.5) is 0 Å². The van der Waals surface area contributed by atoms with Crippen molar-refractivity contribution in [2.45, 2.75) is 39.7 Å². The number of nitrogens with zero attached hydrogens (tertiary/aromatic N) is 2. The summed E-state index contributed by atoms with van der Waals surface area (Å²) in [5.74, 6) is -1.25. The molecule has 2 N–H and O–H groups in total. The highest BCUT2D eigenvalue weighted by atomic mass is 16.3. The number of hydrogen-bond acceptors (Lipinski definition) is 4. The fourth-order valence-corrected chi connectivity index (χ4v) is 2.69. The number of aliphatic hydroxyl groups excluding tert-OH is 1. The van der Waals surface area contributed by atoms with E-state index in [1.54, 1.807) is 18.5 Å². The van der Waals surface area contributed by atoms with Crippen LogP contribution in [0.2, 0.25) is 0 Å². The molecule has 24 heavy (non-hydrogen) atoms. The minimum atomic E-state index is -0.658. The van der Waals surface area contributed by atoms with Gasteiger partial charge < -0.3 is 10.4 Å². The van der Waals surface area contributed by atoms with E-state index in [1.807, 2.05) is 37.3 Å². The second-order valence-electron chi connectivity index (χ2n) is 5.71. The molecule has 6 heteroatoms. The van der Waals surface area contributed by atoms with Gasteiger partial charge in [0.2, 0.25) is 0 Å². The number of para-hydroxylation sites is 1. The van der Waals surface area contributed by atoms with Gasteiger partial charge in [0.05, 0.1) is 22.6 Å². The zero-order valence-corrected chi connectivity index (χ0v) is 14.2. The first-order valence-corrected chi connectivity index (χ1v) is 8.07. The van der Waals surface area contributed by atoms with Gasteiger partial charge in [-0.15, -0.1) is 0 Å². The van der Waals surface area contributed by atoms with Crippen molar-refractivity contribution in [1.29, 1.82) is 0 Å². The summed E-state index contributed by atoms with van der Waals surface area (Å²) >= 11 is 0. The molecule has 2 aromatic rings. The Morgan fingerprint density at radius 3 is 2.50 bits per heavy atom. The number of aromatic nitrogens is 2. The second kappa shape index (κ2) is 7.88. The molecule has 6 nitrogen and oxygen atoms in total. The highest BCUT2D eigenvalue weighted by molar-refractivity contribution is 6.43. The normalized spacial score (nSPS) is 12.0. The lowest BCUT2D eigenvalue weighted by molar-refractivity contribution is -0.117. The Labute approximate surface area is 141 Å². The first kappa shape index (κ1) is 17.9. The lowest BCUT2D eigenvalue weighted by Gasteiger charge is -2.15. The van der Waals surface area contributed by atoms with Crippen LogP contribution in [0.15, 0.2) is 30.3 Å². The maximum Gasteiger partial charge on any atom is 0.292 e. The number of ketones is 1. The number of nitrogens with one attached hydrogen (secondary N) is 1. The summed E-state index contributed by atoms with van der Waals surface area (Å²) in [4.78, 5) is 24.8. The van der Waals surface area contributed by atoms with Gasteiger partial charge in [-0.25, -0.2) is 4.68 Å². The van der Waals surface area contributed by atoms with Gasteiger partial charge in [-0.1, -0.05) is 25.1 Å². The summed E-state index contributed by atoms with van der Waals surface area (Å²) < 4.78 is 1.67. The Balaban J connectivity index is 2.27. The van der Waals surface area contributed by atoms with Crippen molar-refractivity contribution < 1.29 is 14.7 Å². The molecule has 1 aromatic heterocycles. The average molecular weight is 329 g/mol. The maximum absolute atomic E-state index is 12.6. The van der Waals surface area contributed by atoms with E-state index in [2.05, 4.69) is 10.4 Å². The molecular weight excluding hydrogens is 306 g/mol. The van der Waals surface area contributed by atoms with Crippen LogP contribution in [0.3, 0.4) is 0 Å². The van der Waals surface area contributed by atoms with Crippen molar-refractivity contribution in [3.63, 3.8) is 0 Å². The summed E-state index contributed by atoms with van der Waals surface area (Å²) in [6, 6.07) is 9.25. The maximum atomic E-state index is 12.6. The van der Waals surface area contributed by atoms with Gasteiger partial charge in [-0.05, 0) is 38.8 Å². The Kier molecular flexibility index (Phi) is 5.87. The summed E-state index contributed by atoms with van der Waals surface area (Å²) in [5, 5.41) is 16.1. The number of carbonyl (C=O) groups excluding carboxylic acids is 2. The molecule has 1 heterocycles. The number of carbonyl (C=O) groups is 2. The summed E-state index contributed by atoms with van der Waals surface area (Å²) in [5.41, 5.74) is 2.32. The van der Waals surface area contributed by atoms with Crippen LogP contribution >= 0.6 is 0 Å². The van der Waals surface area contributed by atoms with E-state index in [4.69, 9.17) is 5.11 Å². The van der Waals surface area contributed by atoms with Gasteiger partial charge in [-0.3, -0.25) is 9.59 Å². The third-order valence-corrected chi connectivity index (χ3v) is 4.03. The Morgan fingerprint density at radius 2 is 1.92 bits per heavy atom. The lowest BCUT2D eigenvalue weighted by atomic mass is 10.1. The van der Waals surface area contributed by atoms with E-state index >= 15 is 0 Å². The van der Waals surface area contributed by atoms with Crippen molar-refractivity contribution in [3.8, 4) is 5.69 Å². The molecule has 0 radical (unpaired) electrons. The first-order valence-electron chi connectivity index (χ1n) is 8.07. The van der Waals surface area contributed by atoms with Crippen molar-refractivity contribution in [1.82, 2.24) is 15.1 Å². The third kappa shape index (κ3) is 3.71. The Morgan fingerprint density at radius 1 is 1.25 bits per heavy atom. The molecular formula is C18H23N3O3. The van der Waals surface area contributed by atoms with Crippen LogP contribution < -0.4 is 5.32 Å². The fourth-order valence-electron chi connectivity index (χ4n) is 2.69. The van der Waals surface area contributed by atoms with Crippen LogP contribution in [-0.4, -0.2) is 39.2 Å². The van der Waals surface area contributed by atoms with Gasteiger partial charge in [0.25, 0.3) is 11.7 Å². The van der Waals surface area contributed by atoms with Crippen LogP contribution in [0.25, 0.3) is 5.69 Å². The van der Waals surface area contributed by atoms with E-state index < -0.39 is 11.7 Å². The van der Waals surface area contributed by atoms with Crippen LogP contribution in [0.1, 0.15) is 41.5 Å². The lowest BCUT2D eigenvalue weighted by Crippen LogP contribution is -2.39. The van der Waals surface area contributed by atoms with E-state index in [1.165, 1.54) is 0 Å². The molecule has 0 aliphatic heterocycles. The topological polar surface area (TPSA) is 84.2 Å². The van der Waals surface area contributed by atoms with E-state index in [0.29, 0.717) is 29.8 Å². The number of amides is 1. The number of aliphatic hydroxyl groups is 1. The minimum absolute atomic E-state index is 0.0308. The quantitative estimate of drug-likeness (QED) is 0.601. The molecule has 0 fully saturated rings. The molecule has 0 bridgehead atoms. The van der Waals surface area contributed by atoms with Gasteiger partial charge in [-0.2, -0.15) is 5.10 Å². The molecule has 0 saturated carbocycles. The molecule has 1 unspecified atom stereocenters. The second-order valence-corrected chi connectivity index (χ2v) is 5.71. The first-order chi connectivity index (χ1) is 11.5. The highest BCUT2D eigenvalue weighted by Gasteiger charge is 2.26. The average Bonchev–Trinajstić information content (AvgIpc) is 2.89. The predicted octanol–water partition coefficient (Wildman–Crippen LogP) is 1.95. The molecule has 128 valence electrons. The fraction of sp³-hybridized carbons (Fsp3) is 0.389. The minimum Gasteiger partial charge on any atom is -0.396 e. The van der Waals surface area contributed by atoms with Crippen LogP contribution in [-0.2, 0) is 4.79 Å². The zero-order valence-electron chi connectivity index (χ0n) is 14.2. The number of benzene rings is 1. The van der Waals surface area contributed by atoms with E-state index in [-0.39, 0.29) is 12.6 Å². The van der Waals surface area contributed by atoms with Crippen molar-refractivity contribution in [2.75, 3.05) is 6.61 Å². The zero-order chi connectivity index (χ0) is 17.7. The van der Waals surface area contributed by atoms with Crippen LogP contribution in [0, 0.1) is 13.8 Å². The van der Waals surface area contributed by atoms with E-state index in [9.17, 15) is 9.59 Å². The summed E-state index contributed by atoms with van der Waals surface area (Å²) in [6.45, 7) is 5.36. The molecule has 0 aliphatic carbocycles. The standard InChI is InChI=1S/C18H23N3O3/c1-4-14(10-11-22)19-18(24)17(23)16-12(2)20-21(13(16)3)15-8-6-5-7-9-15/h5-9,14,22H,4,10-11H2,1-3H3,(H,19,24). The Hall–Kier alpha value is -2.47. The molecule has 0 aliphatic rings. The summed E-state index contributed by atoms with van der Waals surface area (Å²) in [7, 11) is 0. The van der Waals surface area contributed by atoms with Gasteiger partial charge in [0.1, 0.15) is 0 Å². The SMILES string of the molecule is CCC(CCO)NC(=O)C(=O)c1c(C)nn(-c2ccccc2)c1C. The number of Topliss-reactive ketones (excluding diaryl/α,β-unsaturated/α-hetero) is 1. The molecule has 1 aromatic carbocycles. The predicted molar refractivity (Wildman–Crippen MR) is 91.3 cm³/mol. The van der Waals surface area contributed by atoms with Gasteiger partial charge in [0, 0.05) is 12.6 Å².